The van der Waals surface area contributed by atoms with Crippen LogP contribution in [0.25, 0.3) is 0 Å². The quantitative estimate of drug-likeness (QED) is 0.569. The maximum atomic E-state index is 11.5. The van der Waals surface area contributed by atoms with E-state index in [9.17, 15) is 4.79 Å². The number of esters is 1. The van der Waals surface area contributed by atoms with Crippen molar-refractivity contribution in [1.82, 2.24) is 0 Å². The van der Waals surface area contributed by atoms with Gasteiger partial charge in [0, 0.05) is 0 Å². The van der Waals surface area contributed by atoms with E-state index in [0.717, 1.165) is 45.1 Å². The lowest BCUT2D eigenvalue weighted by molar-refractivity contribution is -0.139. The Balaban J connectivity index is 2.28. The average molecular weight is 352 g/mol. The first kappa shape index (κ1) is 19.4. The largest absolute Gasteiger partial charge is 0.480 e. The summed E-state index contributed by atoms with van der Waals surface area (Å²) < 4.78 is 16.5. The van der Waals surface area contributed by atoms with Gasteiger partial charge in [-0.25, -0.2) is 0 Å². The van der Waals surface area contributed by atoms with E-state index in [0.29, 0.717) is 0 Å². The van der Waals surface area contributed by atoms with E-state index in [1.807, 2.05) is 52.0 Å². The second-order valence-corrected chi connectivity index (χ2v) is 6.29. The van der Waals surface area contributed by atoms with E-state index in [4.69, 9.17) is 20.6 Å². The maximum Gasteiger partial charge on any atom is 0.309 e. The van der Waals surface area contributed by atoms with Crippen LogP contribution in [0.2, 0.25) is 0 Å². The lowest BCUT2D eigenvalue weighted by Crippen LogP contribution is -2.05. The number of hydrogen-bond donors (Lipinski definition) is 0. The third-order valence-electron chi connectivity index (χ3n) is 4.05. The van der Waals surface area contributed by atoms with Crippen LogP contribution in [-0.2, 0) is 16.0 Å². The van der Waals surface area contributed by atoms with Crippen LogP contribution in [0.4, 0.5) is 0 Å². The number of rotatable bonds is 6. The standard InChI is InChI=1S/C22H24O4/c1-7-8-25-21-16(4)11-19(12-17(21)5)26-22-14(2)9-18(10-15(22)3)13-20(23)24-6/h1,9-12H,8,13H2,2-6H3. The number of aryl methyl sites for hydroxylation is 4. The molecular weight excluding hydrogens is 328 g/mol. The molecule has 2 rings (SSSR count). The van der Waals surface area contributed by atoms with Crippen LogP contribution in [-0.4, -0.2) is 19.7 Å². The second-order valence-electron chi connectivity index (χ2n) is 6.29. The summed E-state index contributed by atoms with van der Waals surface area (Å²) in [6.45, 7) is 8.10. The first-order valence-corrected chi connectivity index (χ1v) is 8.38. The number of benzene rings is 2. The molecule has 0 atom stereocenters. The second kappa shape index (κ2) is 8.44. The molecule has 0 radical (unpaired) electrons. The molecule has 0 saturated carbocycles. The van der Waals surface area contributed by atoms with Crippen LogP contribution in [0.15, 0.2) is 24.3 Å². The minimum absolute atomic E-state index is 0.238. The number of terminal acetylenes is 1. The molecule has 4 nitrogen and oxygen atoms in total. The molecule has 0 unspecified atom stereocenters. The number of hydrogen-bond acceptors (Lipinski definition) is 4. The predicted octanol–water partition coefficient (Wildman–Crippen LogP) is 4.44. The smallest absolute Gasteiger partial charge is 0.309 e. The number of methoxy groups -OCH3 is 1. The lowest BCUT2D eigenvalue weighted by atomic mass is 10.0. The van der Waals surface area contributed by atoms with Gasteiger partial charge < -0.3 is 14.2 Å². The fourth-order valence-corrected chi connectivity index (χ4v) is 2.97. The Bertz CT molecular complexity index is 813. The van der Waals surface area contributed by atoms with Crippen LogP contribution in [0, 0.1) is 40.0 Å². The molecule has 0 saturated heterocycles. The molecule has 0 aromatic heterocycles. The monoisotopic (exact) mass is 352 g/mol. The Hall–Kier alpha value is -2.93. The molecule has 136 valence electrons. The van der Waals surface area contributed by atoms with Gasteiger partial charge in [0.05, 0.1) is 13.5 Å². The summed E-state index contributed by atoms with van der Waals surface area (Å²) in [5, 5.41) is 0. The summed E-state index contributed by atoms with van der Waals surface area (Å²) in [5.74, 6) is 4.53. The molecule has 0 fully saturated rings. The molecule has 0 spiro atoms. The molecule has 26 heavy (non-hydrogen) atoms. The van der Waals surface area contributed by atoms with Crippen molar-refractivity contribution in [2.24, 2.45) is 0 Å². The molecule has 0 N–H and O–H groups in total. The summed E-state index contributed by atoms with van der Waals surface area (Å²) in [5.41, 5.74) is 4.77. The third-order valence-corrected chi connectivity index (χ3v) is 4.05. The minimum Gasteiger partial charge on any atom is -0.480 e. The normalized spacial score (nSPS) is 10.2. The van der Waals surface area contributed by atoms with Crippen LogP contribution in [0.3, 0.4) is 0 Å². The highest BCUT2D eigenvalue weighted by Crippen LogP contribution is 2.34. The number of carbonyl (C=O) groups excluding carboxylic acids is 1. The van der Waals surface area contributed by atoms with E-state index < -0.39 is 0 Å². The van der Waals surface area contributed by atoms with Crippen LogP contribution >= 0.6 is 0 Å². The summed E-state index contributed by atoms with van der Waals surface area (Å²) in [4.78, 5) is 11.5. The molecule has 0 aliphatic heterocycles. The molecule has 0 heterocycles. The van der Waals surface area contributed by atoms with Crippen LogP contribution < -0.4 is 9.47 Å². The molecule has 0 aliphatic rings. The van der Waals surface area contributed by atoms with E-state index in [1.54, 1.807) is 0 Å². The van der Waals surface area contributed by atoms with Gasteiger partial charge in [0.1, 0.15) is 23.9 Å². The van der Waals surface area contributed by atoms with Gasteiger partial charge in [-0.2, -0.15) is 0 Å². The minimum atomic E-state index is -0.258. The predicted molar refractivity (Wildman–Crippen MR) is 102 cm³/mol. The zero-order chi connectivity index (χ0) is 19.3. The SMILES string of the molecule is C#CCOc1c(C)cc(Oc2c(C)cc(CC(=O)OC)cc2C)cc1C. The van der Waals surface area contributed by atoms with Gasteiger partial charge in [0.15, 0.2) is 0 Å². The van der Waals surface area contributed by atoms with E-state index >= 15 is 0 Å². The summed E-state index contributed by atoms with van der Waals surface area (Å²) in [6.07, 6.45) is 5.51. The summed E-state index contributed by atoms with van der Waals surface area (Å²) in [7, 11) is 1.39. The Morgan fingerprint density at radius 2 is 1.50 bits per heavy atom. The van der Waals surface area contributed by atoms with Crippen LogP contribution in [0.1, 0.15) is 27.8 Å². The van der Waals surface area contributed by atoms with Crippen molar-refractivity contribution in [2.45, 2.75) is 34.1 Å². The lowest BCUT2D eigenvalue weighted by Gasteiger charge is -2.16. The van der Waals surface area contributed by atoms with Crippen molar-refractivity contribution < 1.29 is 19.0 Å². The highest BCUT2D eigenvalue weighted by atomic mass is 16.5. The van der Waals surface area contributed by atoms with Gasteiger partial charge >= 0.3 is 5.97 Å². The third kappa shape index (κ3) is 4.58. The number of carbonyl (C=O) groups is 1. The average Bonchev–Trinajstić information content (AvgIpc) is 2.57. The van der Waals surface area contributed by atoms with Gasteiger partial charge in [-0.1, -0.05) is 18.1 Å². The molecule has 0 aliphatic carbocycles. The molecule has 0 amide bonds. The first-order valence-electron chi connectivity index (χ1n) is 8.38. The topological polar surface area (TPSA) is 44.8 Å². The van der Waals surface area contributed by atoms with Gasteiger partial charge in [0.2, 0.25) is 0 Å². The van der Waals surface area contributed by atoms with Crippen molar-refractivity contribution in [1.29, 1.82) is 0 Å². The van der Waals surface area contributed by atoms with Gasteiger partial charge in [-0.3, -0.25) is 4.79 Å². The van der Waals surface area contributed by atoms with Gasteiger partial charge in [-0.15, -0.1) is 6.42 Å². The molecular formula is C22H24O4. The van der Waals surface area contributed by atoms with Crippen molar-refractivity contribution in [3.05, 3.63) is 52.1 Å². The summed E-state index contributed by atoms with van der Waals surface area (Å²) in [6, 6.07) is 7.76. The van der Waals surface area contributed by atoms with E-state index in [2.05, 4.69) is 5.92 Å². The molecule has 2 aromatic carbocycles. The molecule has 0 bridgehead atoms. The van der Waals surface area contributed by atoms with Crippen molar-refractivity contribution in [3.8, 4) is 29.6 Å². The Kier molecular flexibility index (Phi) is 6.30. The van der Waals surface area contributed by atoms with Gasteiger partial charge in [0.25, 0.3) is 0 Å². The maximum absolute atomic E-state index is 11.5. The Morgan fingerprint density at radius 1 is 0.962 bits per heavy atom. The van der Waals surface area contributed by atoms with Crippen LogP contribution in [0.5, 0.6) is 17.2 Å². The van der Waals surface area contributed by atoms with E-state index in [1.165, 1.54) is 7.11 Å². The van der Waals surface area contributed by atoms with Crippen molar-refractivity contribution >= 4 is 5.97 Å². The zero-order valence-corrected chi connectivity index (χ0v) is 15.9. The fraction of sp³-hybridized carbons (Fsp3) is 0.318. The Labute approximate surface area is 155 Å². The fourth-order valence-electron chi connectivity index (χ4n) is 2.97. The zero-order valence-electron chi connectivity index (χ0n) is 15.9. The van der Waals surface area contributed by atoms with Crippen molar-refractivity contribution in [2.75, 3.05) is 13.7 Å². The number of ether oxygens (including phenoxy) is 3. The summed E-state index contributed by atoms with van der Waals surface area (Å²) >= 11 is 0. The highest BCUT2D eigenvalue weighted by Gasteiger charge is 2.13. The van der Waals surface area contributed by atoms with Crippen molar-refractivity contribution in [3.63, 3.8) is 0 Å². The van der Waals surface area contributed by atoms with Gasteiger partial charge in [-0.05, 0) is 67.6 Å². The first-order chi connectivity index (χ1) is 12.3. The highest BCUT2D eigenvalue weighted by molar-refractivity contribution is 5.72. The van der Waals surface area contributed by atoms with E-state index in [-0.39, 0.29) is 19.0 Å². The Morgan fingerprint density at radius 3 is 2.00 bits per heavy atom. The molecule has 2 aromatic rings. The molecule has 4 heteroatoms.